The SMILES string of the molecule is CCCSc1nnc(SC(C)C(=O)NC2CCS(=O)(=O)C2)s1. The van der Waals surface area contributed by atoms with Crippen LogP contribution in [0.15, 0.2) is 8.68 Å². The molecule has 2 heterocycles. The Morgan fingerprint density at radius 1 is 1.45 bits per heavy atom. The molecule has 2 unspecified atom stereocenters. The summed E-state index contributed by atoms with van der Waals surface area (Å²) in [6, 6.07) is -0.259. The van der Waals surface area contributed by atoms with Crippen molar-refractivity contribution in [3.63, 3.8) is 0 Å². The molecule has 2 atom stereocenters. The summed E-state index contributed by atoms with van der Waals surface area (Å²) >= 11 is 4.52. The van der Waals surface area contributed by atoms with E-state index in [9.17, 15) is 13.2 Å². The molecular formula is C12H19N3O3S4. The van der Waals surface area contributed by atoms with Crippen molar-refractivity contribution in [2.75, 3.05) is 17.3 Å². The maximum atomic E-state index is 12.1. The van der Waals surface area contributed by atoms with Gasteiger partial charge in [-0.3, -0.25) is 4.79 Å². The third kappa shape index (κ3) is 5.39. The zero-order valence-corrected chi connectivity index (χ0v) is 15.7. The van der Waals surface area contributed by atoms with Gasteiger partial charge in [-0.25, -0.2) is 8.42 Å². The number of carbonyl (C=O) groups excluding carboxylic acids is 1. The Labute approximate surface area is 143 Å². The van der Waals surface area contributed by atoms with Crippen LogP contribution >= 0.6 is 34.9 Å². The van der Waals surface area contributed by atoms with E-state index in [4.69, 9.17) is 0 Å². The fourth-order valence-corrected chi connectivity index (χ4v) is 6.70. The van der Waals surface area contributed by atoms with Gasteiger partial charge >= 0.3 is 0 Å². The molecule has 10 heteroatoms. The zero-order valence-electron chi connectivity index (χ0n) is 12.4. The van der Waals surface area contributed by atoms with E-state index in [-0.39, 0.29) is 28.7 Å². The lowest BCUT2D eigenvalue weighted by atomic mass is 10.2. The van der Waals surface area contributed by atoms with Gasteiger partial charge in [0, 0.05) is 11.8 Å². The molecule has 2 rings (SSSR count). The van der Waals surface area contributed by atoms with Gasteiger partial charge in [-0.1, -0.05) is 41.8 Å². The van der Waals surface area contributed by atoms with Crippen molar-refractivity contribution in [3.05, 3.63) is 0 Å². The third-order valence-electron chi connectivity index (χ3n) is 3.04. The van der Waals surface area contributed by atoms with Crippen LogP contribution in [0, 0.1) is 0 Å². The Kier molecular flexibility index (Phi) is 6.54. The second-order valence-corrected chi connectivity index (χ2v) is 11.2. The Hall–Kier alpha value is -0.320. The predicted molar refractivity (Wildman–Crippen MR) is 91.4 cm³/mol. The van der Waals surface area contributed by atoms with Crippen molar-refractivity contribution >= 4 is 50.6 Å². The maximum Gasteiger partial charge on any atom is 0.233 e. The molecule has 1 aliphatic heterocycles. The molecule has 1 amide bonds. The van der Waals surface area contributed by atoms with E-state index in [2.05, 4.69) is 22.4 Å². The van der Waals surface area contributed by atoms with Gasteiger partial charge in [0.05, 0.1) is 16.8 Å². The molecule has 1 fully saturated rings. The molecule has 0 spiro atoms. The number of nitrogens with zero attached hydrogens (tertiary/aromatic N) is 2. The monoisotopic (exact) mass is 381 g/mol. The molecule has 124 valence electrons. The quantitative estimate of drug-likeness (QED) is 0.721. The number of rotatable bonds is 7. The van der Waals surface area contributed by atoms with Crippen molar-refractivity contribution < 1.29 is 13.2 Å². The summed E-state index contributed by atoms with van der Waals surface area (Å²) < 4.78 is 24.5. The topological polar surface area (TPSA) is 89.0 Å². The summed E-state index contributed by atoms with van der Waals surface area (Å²) in [5, 5.41) is 10.7. The molecule has 0 bridgehead atoms. The molecular weight excluding hydrogens is 362 g/mol. The standard InChI is InChI=1S/C12H19N3O3S4/c1-3-5-19-11-14-15-12(21-11)20-8(2)10(16)13-9-4-6-22(17,18)7-9/h8-9H,3-7H2,1-2H3,(H,13,16). The number of carbonyl (C=O) groups is 1. The average molecular weight is 382 g/mol. The second-order valence-electron chi connectivity index (χ2n) is 5.05. The Bertz CT molecular complexity index is 617. The molecule has 1 aliphatic rings. The zero-order chi connectivity index (χ0) is 16.2. The first kappa shape index (κ1) is 18.0. The summed E-state index contributed by atoms with van der Waals surface area (Å²) in [6.45, 7) is 3.91. The van der Waals surface area contributed by atoms with Crippen LogP contribution < -0.4 is 5.32 Å². The van der Waals surface area contributed by atoms with Gasteiger partial charge in [-0.15, -0.1) is 10.2 Å². The van der Waals surface area contributed by atoms with Crippen molar-refractivity contribution in [2.24, 2.45) is 0 Å². The van der Waals surface area contributed by atoms with E-state index in [0.717, 1.165) is 20.9 Å². The van der Waals surface area contributed by atoms with Crippen LogP contribution in [-0.4, -0.2) is 53.1 Å². The normalized spacial score (nSPS) is 21.6. The molecule has 1 saturated heterocycles. The molecule has 0 saturated carbocycles. The van der Waals surface area contributed by atoms with Gasteiger partial charge in [0.2, 0.25) is 5.91 Å². The molecule has 0 aliphatic carbocycles. The van der Waals surface area contributed by atoms with E-state index in [1.165, 1.54) is 23.1 Å². The van der Waals surface area contributed by atoms with Gasteiger partial charge < -0.3 is 5.32 Å². The summed E-state index contributed by atoms with van der Waals surface area (Å²) in [5.74, 6) is 1.07. The summed E-state index contributed by atoms with van der Waals surface area (Å²) in [7, 11) is -2.98. The van der Waals surface area contributed by atoms with E-state index < -0.39 is 9.84 Å². The number of sulfone groups is 1. The summed E-state index contributed by atoms with van der Waals surface area (Å²) in [6.07, 6.45) is 1.58. The molecule has 22 heavy (non-hydrogen) atoms. The smallest absolute Gasteiger partial charge is 0.233 e. The molecule has 6 nitrogen and oxygen atoms in total. The lowest BCUT2D eigenvalue weighted by molar-refractivity contribution is -0.120. The predicted octanol–water partition coefficient (Wildman–Crippen LogP) is 1.82. The lowest BCUT2D eigenvalue weighted by Gasteiger charge is -2.14. The van der Waals surface area contributed by atoms with Crippen molar-refractivity contribution in [2.45, 2.75) is 46.7 Å². The number of hydrogen-bond acceptors (Lipinski definition) is 8. The highest BCUT2D eigenvalue weighted by Crippen LogP contribution is 2.31. The minimum Gasteiger partial charge on any atom is -0.351 e. The Morgan fingerprint density at radius 3 is 2.82 bits per heavy atom. The van der Waals surface area contributed by atoms with Crippen molar-refractivity contribution in [1.82, 2.24) is 15.5 Å². The number of thioether (sulfide) groups is 2. The van der Waals surface area contributed by atoms with E-state index >= 15 is 0 Å². The summed E-state index contributed by atoms with van der Waals surface area (Å²) in [4.78, 5) is 12.1. The first-order valence-electron chi connectivity index (χ1n) is 7.03. The first-order valence-corrected chi connectivity index (χ1v) is 11.5. The second kappa shape index (κ2) is 7.98. The third-order valence-corrected chi connectivity index (χ3v) is 8.26. The van der Waals surface area contributed by atoms with Crippen LogP contribution in [0.1, 0.15) is 26.7 Å². The fraction of sp³-hybridized carbons (Fsp3) is 0.750. The summed E-state index contributed by atoms with van der Waals surface area (Å²) in [5.41, 5.74) is 0. The van der Waals surface area contributed by atoms with E-state index in [0.29, 0.717) is 6.42 Å². The largest absolute Gasteiger partial charge is 0.351 e. The van der Waals surface area contributed by atoms with Gasteiger partial charge in [-0.05, 0) is 19.8 Å². The van der Waals surface area contributed by atoms with E-state index in [1.54, 1.807) is 18.7 Å². The van der Waals surface area contributed by atoms with Gasteiger partial charge in [0.25, 0.3) is 0 Å². The molecule has 0 radical (unpaired) electrons. The highest BCUT2D eigenvalue weighted by atomic mass is 32.2. The highest BCUT2D eigenvalue weighted by Gasteiger charge is 2.30. The number of aromatic nitrogens is 2. The molecule has 1 aromatic heterocycles. The minimum atomic E-state index is -2.98. The van der Waals surface area contributed by atoms with Crippen LogP contribution in [-0.2, 0) is 14.6 Å². The van der Waals surface area contributed by atoms with Gasteiger partial charge in [0.15, 0.2) is 18.5 Å². The van der Waals surface area contributed by atoms with Crippen LogP contribution in [0.5, 0.6) is 0 Å². The van der Waals surface area contributed by atoms with Crippen molar-refractivity contribution in [1.29, 1.82) is 0 Å². The molecule has 1 N–H and O–H groups in total. The first-order chi connectivity index (χ1) is 10.4. The Morgan fingerprint density at radius 2 is 2.18 bits per heavy atom. The van der Waals surface area contributed by atoms with E-state index in [1.807, 2.05) is 0 Å². The lowest BCUT2D eigenvalue weighted by Crippen LogP contribution is -2.39. The molecule has 1 aromatic rings. The molecule has 0 aromatic carbocycles. The maximum absolute atomic E-state index is 12.1. The minimum absolute atomic E-state index is 0.0484. The highest BCUT2D eigenvalue weighted by molar-refractivity contribution is 8.03. The number of hydrogen-bond donors (Lipinski definition) is 1. The van der Waals surface area contributed by atoms with Crippen LogP contribution in [0.3, 0.4) is 0 Å². The average Bonchev–Trinajstić information content (AvgIpc) is 3.03. The fourth-order valence-electron chi connectivity index (χ4n) is 1.92. The van der Waals surface area contributed by atoms with Crippen LogP contribution in [0.2, 0.25) is 0 Å². The van der Waals surface area contributed by atoms with Crippen LogP contribution in [0.25, 0.3) is 0 Å². The number of amides is 1. The Balaban J connectivity index is 1.82. The van der Waals surface area contributed by atoms with Gasteiger partial charge in [-0.2, -0.15) is 0 Å². The van der Waals surface area contributed by atoms with Crippen LogP contribution in [0.4, 0.5) is 0 Å². The number of nitrogens with one attached hydrogen (secondary N) is 1. The van der Waals surface area contributed by atoms with Gasteiger partial charge in [0.1, 0.15) is 0 Å². The van der Waals surface area contributed by atoms with Crippen molar-refractivity contribution in [3.8, 4) is 0 Å².